The van der Waals surface area contributed by atoms with Gasteiger partial charge in [0.2, 0.25) is 5.95 Å². The van der Waals surface area contributed by atoms with Crippen molar-refractivity contribution < 1.29 is 18.6 Å². The highest BCUT2D eigenvalue weighted by Gasteiger charge is 2.21. The summed E-state index contributed by atoms with van der Waals surface area (Å²) in [5.41, 5.74) is 10.3. The first kappa shape index (κ1) is 26.1. The van der Waals surface area contributed by atoms with Gasteiger partial charge in [-0.05, 0) is 74.9 Å². The third-order valence-electron chi connectivity index (χ3n) is 6.39. The number of halogens is 1. The molecule has 0 bridgehead atoms. The van der Waals surface area contributed by atoms with Crippen molar-refractivity contribution in [3.8, 4) is 28.5 Å². The van der Waals surface area contributed by atoms with Crippen molar-refractivity contribution in [1.29, 1.82) is 5.41 Å². The number of nitrogens with two attached hydrogens (primary N) is 1. The van der Waals surface area contributed by atoms with Gasteiger partial charge in [0, 0.05) is 41.1 Å². The third-order valence-corrected chi connectivity index (χ3v) is 6.39. The van der Waals surface area contributed by atoms with Gasteiger partial charge in [0.1, 0.15) is 17.3 Å². The van der Waals surface area contributed by atoms with Crippen LogP contribution in [0.3, 0.4) is 0 Å². The minimum Gasteiger partial charge on any atom is -0.494 e. The van der Waals surface area contributed by atoms with Gasteiger partial charge < -0.3 is 29.8 Å². The van der Waals surface area contributed by atoms with Gasteiger partial charge in [0.05, 0.1) is 31.6 Å². The van der Waals surface area contributed by atoms with Crippen molar-refractivity contribution in [3.63, 3.8) is 0 Å². The van der Waals surface area contributed by atoms with E-state index in [9.17, 15) is 0 Å². The van der Waals surface area contributed by atoms with Crippen LogP contribution in [-0.4, -0.2) is 35.1 Å². The summed E-state index contributed by atoms with van der Waals surface area (Å²) in [7, 11) is 0. The minimum atomic E-state index is -0.456. The molecule has 0 saturated carbocycles. The molecule has 0 aliphatic carbocycles. The highest BCUT2D eigenvalue weighted by molar-refractivity contribution is 5.95. The SMILES string of the molecule is CCOc1cc(CN(c2ccc(C(=N)N)cc2)c2nc(-c3ccc4c(c3)CCO4)c[nH]2)c(F)c(OC(C)C)c1. The Bertz CT molecular complexity index is 1480. The predicted molar refractivity (Wildman–Crippen MR) is 150 cm³/mol. The molecule has 0 unspecified atom stereocenters. The predicted octanol–water partition coefficient (Wildman–Crippen LogP) is 5.96. The van der Waals surface area contributed by atoms with Gasteiger partial charge in [-0.25, -0.2) is 9.37 Å². The van der Waals surface area contributed by atoms with E-state index in [4.69, 9.17) is 30.3 Å². The molecular formula is C30H32FN5O3. The maximum atomic E-state index is 15.7. The summed E-state index contributed by atoms with van der Waals surface area (Å²) in [5, 5.41) is 7.74. The Morgan fingerprint density at radius 2 is 1.97 bits per heavy atom. The molecule has 0 atom stereocenters. The van der Waals surface area contributed by atoms with Crippen molar-refractivity contribution in [2.24, 2.45) is 5.73 Å². The fraction of sp³-hybridized carbons (Fsp3) is 0.267. The average molecular weight is 530 g/mol. The number of hydrogen-bond acceptors (Lipinski definition) is 6. The van der Waals surface area contributed by atoms with Gasteiger partial charge in [0.25, 0.3) is 0 Å². The highest BCUT2D eigenvalue weighted by Crippen LogP contribution is 2.35. The summed E-state index contributed by atoms with van der Waals surface area (Å²) in [5.74, 6) is 1.62. The number of rotatable bonds is 10. The number of ether oxygens (including phenoxy) is 3. The quantitative estimate of drug-likeness (QED) is 0.173. The van der Waals surface area contributed by atoms with E-state index in [-0.39, 0.29) is 24.2 Å². The molecule has 4 aromatic rings. The lowest BCUT2D eigenvalue weighted by Gasteiger charge is -2.24. The number of imidazole rings is 1. The Hall–Kier alpha value is -4.53. The molecule has 0 saturated heterocycles. The first-order valence-electron chi connectivity index (χ1n) is 13.0. The van der Waals surface area contributed by atoms with Crippen molar-refractivity contribution in [2.45, 2.75) is 39.8 Å². The Morgan fingerprint density at radius 1 is 1.18 bits per heavy atom. The molecule has 3 aromatic carbocycles. The summed E-state index contributed by atoms with van der Waals surface area (Å²) in [6.07, 6.45) is 2.50. The molecule has 0 fully saturated rings. The van der Waals surface area contributed by atoms with Crippen LogP contribution in [0.15, 0.2) is 60.8 Å². The van der Waals surface area contributed by atoms with Crippen LogP contribution in [0.25, 0.3) is 11.3 Å². The second kappa shape index (κ2) is 11.1. The van der Waals surface area contributed by atoms with Crippen LogP contribution >= 0.6 is 0 Å². The number of hydrogen-bond donors (Lipinski definition) is 3. The van der Waals surface area contributed by atoms with E-state index in [1.54, 1.807) is 24.3 Å². The molecule has 0 radical (unpaired) electrons. The lowest BCUT2D eigenvalue weighted by molar-refractivity contribution is 0.228. The van der Waals surface area contributed by atoms with Crippen LogP contribution in [0.2, 0.25) is 0 Å². The van der Waals surface area contributed by atoms with Crippen LogP contribution in [0.5, 0.6) is 17.2 Å². The standard InChI is InChI=1S/C30H32FN5O3/c1-4-37-24-14-22(28(31)27(15-24)39-18(2)3)17-36(23-8-5-19(6-9-23)29(32)33)30-34-16-25(35-30)20-7-10-26-21(13-20)11-12-38-26/h5-10,13-16,18H,4,11-12,17H2,1-3H3,(H3,32,33)(H,34,35). The number of fused-ring (bicyclic) bond motifs is 1. The van der Waals surface area contributed by atoms with Crippen LogP contribution in [0, 0.1) is 11.2 Å². The summed E-state index contributed by atoms with van der Waals surface area (Å²) in [4.78, 5) is 10.0. The van der Waals surface area contributed by atoms with Crippen molar-refractivity contribution in [1.82, 2.24) is 9.97 Å². The number of H-pyrrole nitrogens is 1. The van der Waals surface area contributed by atoms with E-state index in [0.29, 0.717) is 36.0 Å². The summed E-state index contributed by atoms with van der Waals surface area (Å²) < 4.78 is 32.8. The van der Waals surface area contributed by atoms with Crippen molar-refractivity contribution in [3.05, 3.63) is 83.3 Å². The zero-order valence-corrected chi connectivity index (χ0v) is 22.3. The Balaban J connectivity index is 1.55. The maximum Gasteiger partial charge on any atom is 0.208 e. The molecule has 1 aliphatic rings. The van der Waals surface area contributed by atoms with Gasteiger partial charge in [-0.15, -0.1) is 0 Å². The lowest BCUT2D eigenvalue weighted by Crippen LogP contribution is -2.20. The van der Waals surface area contributed by atoms with Crippen molar-refractivity contribution in [2.75, 3.05) is 18.1 Å². The van der Waals surface area contributed by atoms with E-state index in [1.165, 1.54) is 0 Å². The molecule has 202 valence electrons. The van der Waals surface area contributed by atoms with E-state index < -0.39 is 5.82 Å². The monoisotopic (exact) mass is 529 g/mol. The second-order valence-corrected chi connectivity index (χ2v) is 9.57. The topological polar surface area (TPSA) is 109 Å². The van der Waals surface area contributed by atoms with Gasteiger partial charge in [-0.2, -0.15) is 0 Å². The number of anilines is 2. The molecule has 39 heavy (non-hydrogen) atoms. The Kier molecular flexibility index (Phi) is 7.40. The number of nitrogens with zero attached hydrogens (tertiary/aromatic N) is 2. The number of nitrogens with one attached hydrogen (secondary N) is 2. The molecule has 9 heteroatoms. The van der Waals surface area contributed by atoms with E-state index >= 15 is 4.39 Å². The van der Waals surface area contributed by atoms with Gasteiger partial charge in [-0.1, -0.05) is 0 Å². The smallest absolute Gasteiger partial charge is 0.208 e. The number of benzene rings is 3. The summed E-state index contributed by atoms with van der Waals surface area (Å²) >= 11 is 0. The van der Waals surface area contributed by atoms with Gasteiger partial charge in [0.15, 0.2) is 11.6 Å². The molecular weight excluding hydrogens is 497 g/mol. The van der Waals surface area contributed by atoms with Crippen molar-refractivity contribution >= 4 is 17.5 Å². The fourth-order valence-corrected chi connectivity index (χ4v) is 4.56. The molecule has 4 N–H and O–H groups in total. The zero-order valence-electron chi connectivity index (χ0n) is 22.3. The molecule has 5 rings (SSSR count). The lowest BCUT2D eigenvalue weighted by atomic mass is 10.1. The van der Waals surface area contributed by atoms with E-state index in [2.05, 4.69) is 11.1 Å². The number of amidine groups is 1. The number of nitrogen functional groups attached to an aromatic ring is 1. The number of aromatic nitrogens is 2. The Labute approximate surface area is 227 Å². The summed E-state index contributed by atoms with van der Waals surface area (Å²) in [6.45, 7) is 6.85. The van der Waals surface area contributed by atoms with Gasteiger partial charge in [-0.3, -0.25) is 5.41 Å². The van der Waals surface area contributed by atoms with Crippen LogP contribution < -0.4 is 24.8 Å². The zero-order chi connectivity index (χ0) is 27.5. The average Bonchev–Trinajstić information content (AvgIpc) is 3.59. The third kappa shape index (κ3) is 5.67. The highest BCUT2D eigenvalue weighted by atomic mass is 19.1. The molecule has 2 heterocycles. The molecule has 8 nitrogen and oxygen atoms in total. The van der Waals surface area contributed by atoms with Crippen LogP contribution in [0.1, 0.15) is 37.5 Å². The van der Waals surface area contributed by atoms with Gasteiger partial charge >= 0.3 is 0 Å². The van der Waals surface area contributed by atoms with E-state index in [1.807, 2.05) is 56.1 Å². The Morgan fingerprint density at radius 3 is 2.69 bits per heavy atom. The second-order valence-electron chi connectivity index (χ2n) is 9.57. The maximum absolute atomic E-state index is 15.7. The fourth-order valence-electron chi connectivity index (χ4n) is 4.56. The largest absolute Gasteiger partial charge is 0.494 e. The van der Waals surface area contributed by atoms with Crippen LogP contribution in [0.4, 0.5) is 16.0 Å². The molecule has 1 aromatic heterocycles. The molecule has 0 amide bonds. The van der Waals surface area contributed by atoms with E-state index in [0.717, 1.165) is 34.7 Å². The minimum absolute atomic E-state index is 0.0279. The first-order chi connectivity index (χ1) is 18.8. The summed E-state index contributed by atoms with van der Waals surface area (Å²) in [6, 6.07) is 16.5. The normalized spacial score (nSPS) is 12.2. The first-order valence-corrected chi connectivity index (χ1v) is 13.0. The number of aromatic amines is 1. The van der Waals surface area contributed by atoms with Crippen LogP contribution in [-0.2, 0) is 13.0 Å². The molecule has 0 spiro atoms. The molecule has 1 aliphatic heterocycles.